The summed E-state index contributed by atoms with van der Waals surface area (Å²) in [6.07, 6.45) is 0.320. The molecular weight excluding hydrogens is 307 g/mol. The van der Waals surface area contributed by atoms with E-state index in [0.29, 0.717) is 0 Å². The Morgan fingerprint density at radius 1 is 1.40 bits per heavy atom. The zero-order valence-electron chi connectivity index (χ0n) is 11.1. The second kappa shape index (κ2) is 6.07. The third-order valence-corrected chi connectivity index (χ3v) is 5.00. The molecule has 3 N–H and O–H groups in total. The summed E-state index contributed by atoms with van der Waals surface area (Å²) in [5, 5.41) is 0.0774. The fraction of sp³-hybridized carbons (Fsp3) is 0.417. The van der Waals surface area contributed by atoms with E-state index in [1.807, 2.05) is 0 Å². The molecule has 1 aromatic carbocycles. The second-order valence-electron chi connectivity index (χ2n) is 4.33. The van der Waals surface area contributed by atoms with Gasteiger partial charge in [-0.2, -0.15) is 4.72 Å². The molecule has 0 aliphatic rings. The molecule has 112 valence electrons. The first-order valence-corrected chi connectivity index (χ1v) is 7.83. The van der Waals surface area contributed by atoms with Crippen molar-refractivity contribution in [3.63, 3.8) is 0 Å². The normalized spacial score (nSPS) is 12.4. The van der Waals surface area contributed by atoms with Gasteiger partial charge in [0.25, 0.3) is 0 Å². The largest absolute Gasteiger partial charge is 0.368 e. The van der Waals surface area contributed by atoms with Gasteiger partial charge in [0.15, 0.2) is 0 Å². The van der Waals surface area contributed by atoms with Crippen LogP contribution in [0.2, 0.25) is 5.02 Å². The first-order chi connectivity index (χ1) is 9.18. The molecule has 0 saturated carbocycles. The Hall–Kier alpha value is -1.18. The van der Waals surface area contributed by atoms with E-state index in [-0.39, 0.29) is 17.9 Å². The predicted octanol–water partition coefficient (Wildman–Crippen LogP) is 1.80. The Morgan fingerprint density at radius 3 is 2.35 bits per heavy atom. The summed E-state index contributed by atoms with van der Waals surface area (Å²) < 4.78 is 40.3. The van der Waals surface area contributed by atoms with Crippen LogP contribution in [-0.2, 0) is 14.8 Å². The molecule has 0 unspecified atom stereocenters. The summed E-state index contributed by atoms with van der Waals surface area (Å²) in [7, 11) is -4.22. The molecule has 0 radical (unpaired) electrons. The molecule has 1 amide bonds. The minimum absolute atomic E-state index is 0.0774. The zero-order chi connectivity index (χ0) is 15.6. The van der Waals surface area contributed by atoms with Gasteiger partial charge in [0.05, 0.1) is 0 Å². The van der Waals surface area contributed by atoms with Crippen LogP contribution in [0, 0.1) is 5.82 Å². The van der Waals surface area contributed by atoms with Crippen molar-refractivity contribution in [1.82, 2.24) is 4.72 Å². The Labute approximate surface area is 122 Å². The Bertz CT molecular complexity index is 615. The quantitative estimate of drug-likeness (QED) is 0.837. The second-order valence-corrected chi connectivity index (χ2v) is 6.42. The Balaban J connectivity index is 3.27. The van der Waals surface area contributed by atoms with Crippen molar-refractivity contribution in [2.24, 2.45) is 5.73 Å². The van der Waals surface area contributed by atoms with E-state index in [1.54, 1.807) is 13.8 Å². The van der Waals surface area contributed by atoms with E-state index < -0.39 is 32.2 Å². The fourth-order valence-electron chi connectivity index (χ4n) is 1.80. The van der Waals surface area contributed by atoms with Crippen LogP contribution >= 0.6 is 11.6 Å². The summed E-state index contributed by atoms with van der Waals surface area (Å²) in [6, 6.07) is 3.18. The van der Waals surface area contributed by atoms with E-state index >= 15 is 0 Å². The lowest BCUT2D eigenvalue weighted by molar-refractivity contribution is -0.124. The topological polar surface area (TPSA) is 89.3 Å². The molecule has 0 bridgehead atoms. The molecule has 0 aliphatic carbocycles. The van der Waals surface area contributed by atoms with Crippen LogP contribution in [-0.4, -0.2) is 19.9 Å². The van der Waals surface area contributed by atoms with Crippen LogP contribution < -0.4 is 10.5 Å². The highest BCUT2D eigenvalue weighted by atomic mass is 35.5. The summed E-state index contributed by atoms with van der Waals surface area (Å²) in [5.74, 6) is -1.80. The third kappa shape index (κ3) is 3.28. The molecule has 0 aromatic heterocycles. The Morgan fingerprint density at radius 2 is 1.95 bits per heavy atom. The molecule has 5 nitrogen and oxygen atoms in total. The fourth-order valence-corrected chi connectivity index (χ4v) is 3.53. The number of amides is 1. The Kier molecular flexibility index (Phi) is 5.12. The number of nitrogens with one attached hydrogen (secondary N) is 1. The molecule has 0 saturated heterocycles. The van der Waals surface area contributed by atoms with Gasteiger partial charge in [-0.3, -0.25) is 4.79 Å². The minimum atomic E-state index is -4.22. The SMILES string of the molecule is CCC(CC)(NS(=O)(=O)c1ccc(Cl)cc1F)C(N)=O. The summed E-state index contributed by atoms with van der Waals surface area (Å²) >= 11 is 5.58. The molecule has 0 heterocycles. The molecule has 1 aromatic rings. The van der Waals surface area contributed by atoms with Gasteiger partial charge in [-0.1, -0.05) is 25.4 Å². The minimum Gasteiger partial charge on any atom is -0.368 e. The van der Waals surface area contributed by atoms with E-state index in [1.165, 1.54) is 6.07 Å². The van der Waals surface area contributed by atoms with Crippen LogP contribution in [0.25, 0.3) is 0 Å². The number of hydrogen-bond donors (Lipinski definition) is 2. The van der Waals surface area contributed by atoms with E-state index in [2.05, 4.69) is 4.72 Å². The van der Waals surface area contributed by atoms with Crippen molar-refractivity contribution >= 4 is 27.5 Å². The van der Waals surface area contributed by atoms with Crippen molar-refractivity contribution in [3.8, 4) is 0 Å². The molecule has 1 rings (SSSR count). The maximum atomic E-state index is 13.7. The van der Waals surface area contributed by atoms with Gasteiger partial charge in [0.1, 0.15) is 16.3 Å². The van der Waals surface area contributed by atoms with Crippen molar-refractivity contribution in [3.05, 3.63) is 29.0 Å². The summed E-state index contributed by atoms with van der Waals surface area (Å²) in [6.45, 7) is 3.24. The molecular formula is C12H16ClFN2O3S. The van der Waals surface area contributed by atoms with Crippen molar-refractivity contribution in [1.29, 1.82) is 0 Å². The lowest BCUT2D eigenvalue weighted by Crippen LogP contribution is -2.56. The maximum absolute atomic E-state index is 13.7. The highest BCUT2D eigenvalue weighted by Gasteiger charge is 2.38. The van der Waals surface area contributed by atoms with E-state index in [4.69, 9.17) is 17.3 Å². The van der Waals surface area contributed by atoms with Crippen LogP contribution in [0.3, 0.4) is 0 Å². The zero-order valence-corrected chi connectivity index (χ0v) is 12.7. The highest BCUT2D eigenvalue weighted by molar-refractivity contribution is 7.89. The maximum Gasteiger partial charge on any atom is 0.244 e. The predicted molar refractivity (Wildman–Crippen MR) is 74.2 cm³/mol. The van der Waals surface area contributed by atoms with Crippen molar-refractivity contribution in [2.45, 2.75) is 37.1 Å². The van der Waals surface area contributed by atoms with E-state index in [0.717, 1.165) is 12.1 Å². The highest BCUT2D eigenvalue weighted by Crippen LogP contribution is 2.23. The van der Waals surface area contributed by atoms with E-state index in [9.17, 15) is 17.6 Å². The molecule has 0 fully saturated rings. The summed E-state index contributed by atoms with van der Waals surface area (Å²) in [5.41, 5.74) is 3.82. The van der Waals surface area contributed by atoms with Crippen LogP contribution in [0.5, 0.6) is 0 Å². The lowest BCUT2D eigenvalue weighted by Gasteiger charge is -2.28. The van der Waals surface area contributed by atoms with Crippen LogP contribution in [0.4, 0.5) is 4.39 Å². The van der Waals surface area contributed by atoms with Gasteiger partial charge in [-0.25, -0.2) is 12.8 Å². The number of carbonyl (C=O) groups excluding carboxylic acids is 1. The number of sulfonamides is 1. The third-order valence-electron chi connectivity index (χ3n) is 3.19. The molecule has 0 spiro atoms. The lowest BCUT2D eigenvalue weighted by atomic mass is 9.94. The molecule has 0 atom stereocenters. The van der Waals surface area contributed by atoms with Crippen molar-refractivity contribution < 1.29 is 17.6 Å². The average molecular weight is 323 g/mol. The number of primary amides is 1. The van der Waals surface area contributed by atoms with Crippen LogP contribution in [0.15, 0.2) is 23.1 Å². The molecule has 8 heteroatoms. The average Bonchev–Trinajstić information content (AvgIpc) is 2.35. The van der Waals surface area contributed by atoms with Gasteiger partial charge in [-0.05, 0) is 31.0 Å². The number of rotatable bonds is 6. The first-order valence-electron chi connectivity index (χ1n) is 5.97. The number of halogens is 2. The van der Waals surface area contributed by atoms with Gasteiger partial charge >= 0.3 is 0 Å². The number of benzene rings is 1. The first kappa shape index (κ1) is 16.9. The number of hydrogen-bond acceptors (Lipinski definition) is 3. The summed E-state index contributed by atoms with van der Waals surface area (Å²) in [4.78, 5) is 10.9. The van der Waals surface area contributed by atoms with Crippen molar-refractivity contribution in [2.75, 3.05) is 0 Å². The number of nitrogens with two attached hydrogens (primary N) is 1. The van der Waals surface area contributed by atoms with Crippen LogP contribution in [0.1, 0.15) is 26.7 Å². The van der Waals surface area contributed by atoms with Gasteiger partial charge < -0.3 is 5.73 Å². The van der Waals surface area contributed by atoms with Gasteiger partial charge in [0, 0.05) is 5.02 Å². The van der Waals surface area contributed by atoms with Gasteiger partial charge in [-0.15, -0.1) is 0 Å². The smallest absolute Gasteiger partial charge is 0.244 e. The van der Waals surface area contributed by atoms with Gasteiger partial charge in [0.2, 0.25) is 15.9 Å². The molecule has 20 heavy (non-hydrogen) atoms. The monoisotopic (exact) mass is 322 g/mol. The molecule has 0 aliphatic heterocycles. The standard InChI is InChI=1S/C12H16ClFN2O3S/c1-3-12(4-2,11(15)17)16-20(18,19)10-6-5-8(13)7-9(10)14/h5-7,16H,3-4H2,1-2H3,(H2,15,17). The number of carbonyl (C=O) groups is 1.